The minimum Gasteiger partial charge on any atom is -0.480 e. The quantitative estimate of drug-likeness (QED) is 0.447. The van der Waals surface area contributed by atoms with Gasteiger partial charge in [-0.1, -0.05) is 6.07 Å². The standard InChI is InChI=1S/C14H19N3O3.2C2HF3O2/c1-16-5-7-17(8-6-16)12-4-2-3-11(9-12)14(20)15-10-13(18)19;2*3-2(4,5)1(6)7/h2-4,9H,5-8,10H2,1H3,(H,15,20)(H,18,19);2*(H,6,7). The number of likely N-dealkylation sites (N-methyl/N-ethyl adjacent to an activating group) is 1. The Morgan fingerprint density at radius 1 is 0.882 bits per heavy atom. The number of nitrogens with one attached hydrogen (secondary N) is 1. The molecule has 0 radical (unpaired) electrons. The number of benzene rings is 1. The number of aliphatic carboxylic acids is 3. The number of hydrogen-bond acceptors (Lipinski definition) is 6. The lowest BCUT2D eigenvalue weighted by Gasteiger charge is -2.34. The summed E-state index contributed by atoms with van der Waals surface area (Å²) in [5.41, 5.74) is 1.49. The first-order chi connectivity index (χ1) is 15.4. The molecule has 1 saturated heterocycles. The molecule has 1 aromatic carbocycles. The number of piperazine rings is 1. The average Bonchev–Trinajstić information content (AvgIpc) is 2.72. The van der Waals surface area contributed by atoms with Crippen molar-refractivity contribution in [3.05, 3.63) is 29.8 Å². The monoisotopic (exact) mass is 505 g/mol. The van der Waals surface area contributed by atoms with Gasteiger partial charge < -0.3 is 30.4 Å². The molecule has 34 heavy (non-hydrogen) atoms. The van der Waals surface area contributed by atoms with Crippen molar-refractivity contribution in [1.29, 1.82) is 0 Å². The number of carboxylic acid groups (broad SMARTS) is 3. The van der Waals surface area contributed by atoms with Crippen molar-refractivity contribution in [2.75, 3.05) is 44.7 Å². The fourth-order valence-corrected chi connectivity index (χ4v) is 2.17. The first-order valence-electron chi connectivity index (χ1n) is 9.09. The Hall–Kier alpha value is -3.56. The van der Waals surface area contributed by atoms with Crippen molar-refractivity contribution in [3.63, 3.8) is 0 Å². The van der Waals surface area contributed by atoms with E-state index in [4.69, 9.17) is 24.9 Å². The molecule has 1 fully saturated rings. The highest BCUT2D eigenvalue weighted by Crippen LogP contribution is 2.18. The van der Waals surface area contributed by atoms with E-state index in [1.807, 2.05) is 18.2 Å². The number of rotatable bonds is 4. The topological polar surface area (TPSA) is 147 Å². The molecule has 1 heterocycles. The molecule has 0 unspecified atom stereocenters. The number of nitrogens with zero attached hydrogens (tertiary/aromatic N) is 2. The molecule has 2 rings (SSSR count). The maximum atomic E-state index is 11.8. The van der Waals surface area contributed by atoms with Crippen LogP contribution in [0.5, 0.6) is 0 Å². The number of anilines is 1. The lowest BCUT2D eigenvalue weighted by molar-refractivity contribution is -0.193. The second-order valence-electron chi connectivity index (χ2n) is 6.52. The van der Waals surface area contributed by atoms with Gasteiger partial charge in [0, 0.05) is 37.4 Å². The zero-order chi connectivity index (χ0) is 26.7. The van der Waals surface area contributed by atoms with E-state index >= 15 is 0 Å². The van der Waals surface area contributed by atoms with Crippen LogP contribution < -0.4 is 10.2 Å². The van der Waals surface area contributed by atoms with Gasteiger partial charge in [-0.3, -0.25) is 9.59 Å². The van der Waals surface area contributed by atoms with Crippen molar-refractivity contribution < 1.29 is 60.8 Å². The highest BCUT2D eigenvalue weighted by atomic mass is 19.4. The minimum atomic E-state index is -5.08. The number of alkyl halides is 6. The largest absolute Gasteiger partial charge is 0.490 e. The molecule has 0 aromatic heterocycles. The molecule has 10 nitrogen and oxygen atoms in total. The molecular formula is C18H21F6N3O7. The van der Waals surface area contributed by atoms with Crippen molar-refractivity contribution in [3.8, 4) is 0 Å². The number of hydrogen-bond donors (Lipinski definition) is 4. The number of halogens is 6. The highest BCUT2D eigenvalue weighted by molar-refractivity contribution is 5.96. The highest BCUT2D eigenvalue weighted by Gasteiger charge is 2.38. The van der Waals surface area contributed by atoms with E-state index in [-0.39, 0.29) is 12.5 Å². The van der Waals surface area contributed by atoms with Crippen molar-refractivity contribution >= 4 is 29.5 Å². The maximum Gasteiger partial charge on any atom is 0.490 e. The smallest absolute Gasteiger partial charge is 0.480 e. The first kappa shape index (κ1) is 30.4. The Labute approximate surface area is 188 Å². The van der Waals surface area contributed by atoms with Crippen LogP contribution in [0.2, 0.25) is 0 Å². The predicted octanol–water partition coefficient (Wildman–Crippen LogP) is 1.52. The van der Waals surface area contributed by atoms with Gasteiger partial charge in [0.1, 0.15) is 6.54 Å². The summed E-state index contributed by atoms with van der Waals surface area (Å²) in [7, 11) is 2.09. The zero-order valence-electron chi connectivity index (χ0n) is 17.5. The predicted molar refractivity (Wildman–Crippen MR) is 104 cm³/mol. The second kappa shape index (κ2) is 13.2. The molecule has 0 saturated carbocycles. The zero-order valence-corrected chi connectivity index (χ0v) is 17.5. The Balaban J connectivity index is 0.000000642. The van der Waals surface area contributed by atoms with Gasteiger partial charge in [-0.05, 0) is 25.2 Å². The third-order valence-corrected chi connectivity index (χ3v) is 3.86. The summed E-state index contributed by atoms with van der Waals surface area (Å²) < 4.78 is 63.5. The van der Waals surface area contributed by atoms with E-state index < -0.39 is 30.3 Å². The summed E-state index contributed by atoms with van der Waals surface area (Å²) in [5, 5.41) is 25.2. The van der Waals surface area contributed by atoms with Gasteiger partial charge in [-0.25, -0.2) is 9.59 Å². The summed E-state index contributed by atoms with van der Waals surface area (Å²) in [6.45, 7) is 3.48. The molecule has 1 aliphatic heterocycles. The Morgan fingerprint density at radius 2 is 1.32 bits per heavy atom. The number of carbonyl (C=O) groups excluding carboxylic acids is 1. The average molecular weight is 505 g/mol. The molecule has 0 spiro atoms. The Kier molecular flexibility index (Phi) is 11.8. The Morgan fingerprint density at radius 3 is 1.71 bits per heavy atom. The number of carboxylic acids is 3. The van der Waals surface area contributed by atoms with Gasteiger partial charge in [0.25, 0.3) is 5.91 Å². The molecule has 4 N–H and O–H groups in total. The van der Waals surface area contributed by atoms with Crippen LogP contribution in [0.4, 0.5) is 32.0 Å². The Bertz CT molecular complexity index is 829. The third-order valence-electron chi connectivity index (χ3n) is 3.86. The van der Waals surface area contributed by atoms with Gasteiger partial charge in [0.05, 0.1) is 0 Å². The van der Waals surface area contributed by atoms with Gasteiger partial charge in [-0.15, -0.1) is 0 Å². The van der Waals surface area contributed by atoms with Crippen LogP contribution in [0.3, 0.4) is 0 Å². The number of amides is 1. The van der Waals surface area contributed by atoms with Crippen LogP contribution in [-0.4, -0.2) is 96.2 Å². The van der Waals surface area contributed by atoms with E-state index in [9.17, 15) is 35.9 Å². The molecule has 1 aliphatic rings. The van der Waals surface area contributed by atoms with Crippen LogP contribution in [0.15, 0.2) is 24.3 Å². The minimum absolute atomic E-state index is 0.358. The van der Waals surface area contributed by atoms with Gasteiger partial charge in [0.15, 0.2) is 0 Å². The van der Waals surface area contributed by atoms with E-state index in [0.717, 1.165) is 31.9 Å². The van der Waals surface area contributed by atoms with Gasteiger partial charge in [0.2, 0.25) is 0 Å². The second-order valence-corrected chi connectivity index (χ2v) is 6.52. The lowest BCUT2D eigenvalue weighted by Crippen LogP contribution is -2.44. The van der Waals surface area contributed by atoms with Gasteiger partial charge >= 0.3 is 30.3 Å². The molecule has 1 amide bonds. The van der Waals surface area contributed by atoms with E-state index in [1.54, 1.807) is 6.07 Å². The fraction of sp³-hybridized carbons (Fsp3) is 0.444. The van der Waals surface area contributed by atoms with Crippen LogP contribution in [0.1, 0.15) is 10.4 Å². The molecule has 0 aliphatic carbocycles. The molecule has 0 bridgehead atoms. The first-order valence-corrected chi connectivity index (χ1v) is 9.09. The van der Waals surface area contributed by atoms with E-state index in [1.165, 1.54) is 0 Å². The fourth-order valence-electron chi connectivity index (χ4n) is 2.17. The normalized spacial score (nSPS) is 14.0. The summed E-state index contributed by atoms with van der Waals surface area (Å²) in [5.74, 6) is -6.92. The summed E-state index contributed by atoms with van der Waals surface area (Å²) in [4.78, 5) is 44.6. The molecule has 192 valence electrons. The maximum absolute atomic E-state index is 11.8. The number of carbonyl (C=O) groups is 4. The molecule has 1 aromatic rings. The van der Waals surface area contributed by atoms with E-state index in [2.05, 4.69) is 22.2 Å². The van der Waals surface area contributed by atoms with Crippen molar-refractivity contribution in [2.24, 2.45) is 0 Å². The molecule has 16 heteroatoms. The molecule has 0 atom stereocenters. The van der Waals surface area contributed by atoms with Crippen LogP contribution in [-0.2, 0) is 14.4 Å². The summed E-state index contributed by atoms with van der Waals surface area (Å²) in [6.07, 6.45) is -10.2. The third kappa shape index (κ3) is 12.5. The summed E-state index contributed by atoms with van der Waals surface area (Å²) >= 11 is 0. The SMILES string of the molecule is CN1CCN(c2cccc(C(=O)NCC(=O)O)c2)CC1.O=C(O)C(F)(F)F.O=C(O)C(F)(F)F. The van der Waals surface area contributed by atoms with Crippen LogP contribution >= 0.6 is 0 Å². The van der Waals surface area contributed by atoms with E-state index in [0.29, 0.717) is 5.56 Å². The molecular weight excluding hydrogens is 484 g/mol. The lowest BCUT2D eigenvalue weighted by atomic mass is 10.1. The van der Waals surface area contributed by atoms with Crippen molar-refractivity contribution in [1.82, 2.24) is 10.2 Å². The van der Waals surface area contributed by atoms with Crippen LogP contribution in [0.25, 0.3) is 0 Å². The summed E-state index contributed by atoms with van der Waals surface area (Å²) in [6, 6.07) is 7.29. The van der Waals surface area contributed by atoms with Crippen LogP contribution in [0, 0.1) is 0 Å². The van der Waals surface area contributed by atoms with Gasteiger partial charge in [-0.2, -0.15) is 26.3 Å². The van der Waals surface area contributed by atoms with Crippen molar-refractivity contribution in [2.45, 2.75) is 12.4 Å².